The smallest absolute Gasteiger partial charge is 0.250 e. The first-order valence-corrected chi connectivity index (χ1v) is 9.43. The van der Waals surface area contributed by atoms with E-state index in [1.54, 1.807) is 6.07 Å². The number of anilines is 1. The van der Waals surface area contributed by atoms with Gasteiger partial charge in [0.2, 0.25) is 10.0 Å². The third kappa shape index (κ3) is 3.78. The Morgan fingerprint density at radius 1 is 1.35 bits per heavy atom. The predicted molar refractivity (Wildman–Crippen MR) is 84.3 cm³/mol. The first-order chi connectivity index (χ1) is 9.55. The van der Waals surface area contributed by atoms with Crippen molar-refractivity contribution in [2.75, 3.05) is 18.9 Å². The number of aryl methyl sites for hydroxylation is 1. The zero-order chi connectivity index (χ0) is 14.6. The number of nitrogens with one attached hydrogen (secondary N) is 2. The Labute approximate surface area is 127 Å². The monoisotopic (exact) mass is 331 g/mol. The molecule has 20 heavy (non-hydrogen) atoms. The summed E-state index contributed by atoms with van der Waals surface area (Å²) < 4.78 is 27.2. The van der Waals surface area contributed by atoms with Crippen LogP contribution in [0.4, 0.5) is 5.13 Å². The molecule has 0 saturated heterocycles. The Kier molecular flexibility index (Phi) is 5.14. The van der Waals surface area contributed by atoms with Gasteiger partial charge in [-0.15, -0.1) is 22.7 Å². The highest BCUT2D eigenvalue weighted by atomic mass is 32.2. The van der Waals surface area contributed by atoms with Crippen LogP contribution in [-0.4, -0.2) is 27.0 Å². The summed E-state index contributed by atoms with van der Waals surface area (Å²) in [7, 11) is -1.58. The highest BCUT2D eigenvalue weighted by molar-refractivity contribution is 7.91. The molecule has 5 nitrogen and oxygen atoms in total. The number of sulfonamides is 1. The van der Waals surface area contributed by atoms with E-state index < -0.39 is 10.0 Å². The number of aromatic nitrogens is 1. The molecule has 0 unspecified atom stereocenters. The van der Waals surface area contributed by atoms with Gasteiger partial charge in [-0.1, -0.05) is 6.92 Å². The molecular weight excluding hydrogens is 314 g/mol. The number of nitrogens with zero attached hydrogens (tertiary/aromatic N) is 1. The van der Waals surface area contributed by atoms with Crippen LogP contribution in [0.2, 0.25) is 0 Å². The van der Waals surface area contributed by atoms with Crippen LogP contribution < -0.4 is 10.0 Å². The summed E-state index contributed by atoms with van der Waals surface area (Å²) in [6.07, 6.45) is 1.44. The Bertz CT molecular complexity index is 661. The fourth-order valence-electron chi connectivity index (χ4n) is 1.61. The molecule has 0 bridgehead atoms. The molecule has 0 aromatic carbocycles. The zero-order valence-electron chi connectivity index (χ0n) is 11.3. The summed E-state index contributed by atoms with van der Waals surface area (Å²) in [4.78, 5) is 5.39. The van der Waals surface area contributed by atoms with Crippen molar-refractivity contribution in [3.63, 3.8) is 0 Å². The lowest BCUT2D eigenvalue weighted by molar-refractivity contribution is 0.583. The Balaban J connectivity index is 1.92. The molecular formula is C12H17N3O2S3. The van der Waals surface area contributed by atoms with Gasteiger partial charge in [-0.25, -0.2) is 18.1 Å². The van der Waals surface area contributed by atoms with Crippen molar-refractivity contribution in [3.05, 3.63) is 28.1 Å². The minimum absolute atomic E-state index is 0.356. The molecule has 0 saturated carbocycles. The van der Waals surface area contributed by atoms with Crippen molar-refractivity contribution >= 4 is 37.8 Å². The predicted octanol–water partition coefficient (Wildman–Crippen LogP) is 2.33. The van der Waals surface area contributed by atoms with Gasteiger partial charge >= 0.3 is 0 Å². The Hall–Kier alpha value is -0.960. The van der Waals surface area contributed by atoms with Gasteiger partial charge in [0.05, 0.1) is 5.69 Å². The third-order valence-electron chi connectivity index (χ3n) is 2.69. The second-order valence-electron chi connectivity index (χ2n) is 4.12. The van der Waals surface area contributed by atoms with Crippen molar-refractivity contribution in [2.45, 2.75) is 24.0 Å². The van der Waals surface area contributed by atoms with Crippen molar-refractivity contribution < 1.29 is 8.42 Å². The van der Waals surface area contributed by atoms with Crippen LogP contribution in [0.25, 0.3) is 0 Å². The maximum absolute atomic E-state index is 12.1. The zero-order valence-corrected chi connectivity index (χ0v) is 13.8. The average molecular weight is 331 g/mol. The van der Waals surface area contributed by atoms with Gasteiger partial charge < -0.3 is 5.32 Å². The van der Waals surface area contributed by atoms with E-state index in [2.05, 4.69) is 15.0 Å². The lowest BCUT2D eigenvalue weighted by atomic mass is 10.3. The largest absolute Gasteiger partial charge is 0.365 e. The second-order valence-corrected chi connectivity index (χ2v) is 8.14. The molecule has 0 fully saturated rings. The van der Waals surface area contributed by atoms with Crippen molar-refractivity contribution in [3.8, 4) is 0 Å². The molecule has 2 aromatic rings. The van der Waals surface area contributed by atoms with E-state index in [-0.39, 0.29) is 0 Å². The van der Waals surface area contributed by atoms with E-state index in [1.165, 1.54) is 22.7 Å². The van der Waals surface area contributed by atoms with E-state index >= 15 is 0 Å². The lowest BCUT2D eigenvalue weighted by Gasteiger charge is -2.03. The first kappa shape index (κ1) is 15.4. The summed E-state index contributed by atoms with van der Waals surface area (Å²) in [5, 5.41) is 5.73. The summed E-state index contributed by atoms with van der Waals surface area (Å²) in [5.41, 5.74) is 0.891. The van der Waals surface area contributed by atoms with Crippen LogP contribution >= 0.6 is 22.7 Å². The number of rotatable bonds is 7. The Morgan fingerprint density at radius 3 is 2.75 bits per heavy atom. The topological polar surface area (TPSA) is 71.1 Å². The van der Waals surface area contributed by atoms with Gasteiger partial charge in [0.1, 0.15) is 4.21 Å². The molecule has 0 amide bonds. The molecule has 2 aromatic heterocycles. The van der Waals surface area contributed by atoms with E-state index in [0.717, 1.165) is 22.1 Å². The fraction of sp³-hybridized carbons (Fsp3) is 0.417. The Morgan fingerprint density at radius 2 is 2.15 bits per heavy atom. The average Bonchev–Trinajstić information content (AvgIpc) is 3.07. The van der Waals surface area contributed by atoms with Crippen LogP contribution in [0, 0.1) is 0 Å². The second kappa shape index (κ2) is 6.66. The first-order valence-electron chi connectivity index (χ1n) is 6.25. The van der Waals surface area contributed by atoms with Crippen molar-refractivity contribution in [2.24, 2.45) is 0 Å². The normalized spacial score (nSPS) is 11.7. The lowest BCUT2D eigenvalue weighted by Crippen LogP contribution is -2.25. The molecule has 2 N–H and O–H groups in total. The van der Waals surface area contributed by atoms with Gasteiger partial charge in [0.25, 0.3) is 0 Å². The SMILES string of the molecule is CCc1ccc(S(=O)(=O)NCCc2csc(NC)n2)s1. The summed E-state index contributed by atoms with van der Waals surface area (Å²) in [6.45, 7) is 2.37. The standard InChI is InChI=1S/C12H17N3O2S3/c1-3-10-4-5-11(19-10)20(16,17)14-7-6-9-8-18-12(13-2)15-9/h4-5,8,14H,3,6-7H2,1-2H3,(H,13,15). The molecule has 110 valence electrons. The molecule has 0 atom stereocenters. The number of hydrogen-bond acceptors (Lipinski definition) is 6. The maximum Gasteiger partial charge on any atom is 0.250 e. The molecule has 0 radical (unpaired) electrons. The van der Waals surface area contributed by atoms with Gasteiger partial charge in [0, 0.05) is 30.3 Å². The van der Waals surface area contributed by atoms with E-state index in [0.29, 0.717) is 17.2 Å². The van der Waals surface area contributed by atoms with E-state index in [9.17, 15) is 8.42 Å². The summed E-state index contributed by atoms with van der Waals surface area (Å²) in [6, 6.07) is 3.52. The maximum atomic E-state index is 12.1. The van der Waals surface area contributed by atoms with E-state index in [1.807, 2.05) is 25.4 Å². The number of hydrogen-bond donors (Lipinski definition) is 2. The van der Waals surface area contributed by atoms with Crippen LogP contribution in [-0.2, 0) is 22.9 Å². The van der Waals surface area contributed by atoms with Gasteiger partial charge in [-0.2, -0.15) is 0 Å². The number of thiophene rings is 1. The van der Waals surface area contributed by atoms with Crippen molar-refractivity contribution in [1.29, 1.82) is 0 Å². The molecule has 2 heterocycles. The molecule has 8 heteroatoms. The summed E-state index contributed by atoms with van der Waals surface area (Å²) in [5.74, 6) is 0. The van der Waals surface area contributed by atoms with Gasteiger partial charge in [0.15, 0.2) is 5.13 Å². The quantitative estimate of drug-likeness (QED) is 0.817. The van der Waals surface area contributed by atoms with E-state index in [4.69, 9.17) is 0 Å². The minimum Gasteiger partial charge on any atom is -0.365 e. The van der Waals surface area contributed by atoms with Gasteiger partial charge in [-0.3, -0.25) is 0 Å². The molecule has 0 spiro atoms. The van der Waals surface area contributed by atoms with Crippen LogP contribution in [0.3, 0.4) is 0 Å². The van der Waals surface area contributed by atoms with Crippen LogP contribution in [0.15, 0.2) is 21.7 Å². The summed E-state index contributed by atoms with van der Waals surface area (Å²) >= 11 is 2.83. The van der Waals surface area contributed by atoms with Crippen LogP contribution in [0.5, 0.6) is 0 Å². The van der Waals surface area contributed by atoms with Crippen molar-refractivity contribution in [1.82, 2.24) is 9.71 Å². The minimum atomic E-state index is -3.39. The third-order valence-corrected chi connectivity index (χ3v) is 6.78. The molecule has 0 aliphatic carbocycles. The number of thiazole rings is 1. The van der Waals surface area contributed by atoms with Gasteiger partial charge in [-0.05, 0) is 18.6 Å². The molecule has 0 aliphatic heterocycles. The highest BCUT2D eigenvalue weighted by Crippen LogP contribution is 2.21. The molecule has 0 aliphatic rings. The molecule has 2 rings (SSSR count). The fourth-order valence-corrected chi connectivity index (χ4v) is 4.69. The highest BCUT2D eigenvalue weighted by Gasteiger charge is 2.16. The van der Waals surface area contributed by atoms with Crippen LogP contribution in [0.1, 0.15) is 17.5 Å².